The van der Waals surface area contributed by atoms with Gasteiger partial charge in [0.05, 0.1) is 19.0 Å². The lowest BCUT2D eigenvalue weighted by Crippen LogP contribution is -2.14. The number of aromatic nitrogens is 2. The van der Waals surface area contributed by atoms with E-state index in [-0.39, 0.29) is 11.7 Å². The summed E-state index contributed by atoms with van der Waals surface area (Å²) in [5.41, 5.74) is 0.658. The Bertz CT molecular complexity index is 775. The molecule has 0 unspecified atom stereocenters. The number of ether oxygens (including phenoxy) is 2. The fourth-order valence-electron chi connectivity index (χ4n) is 3.25. The molecule has 1 aliphatic rings. The number of anilines is 1. The van der Waals surface area contributed by atoms with Crippen LogP contribution in [0.5, 0.6) is 11.5 Å². The van der Waals surface area contributed by atoms with E-state index in [0.29, 0.717) is 47.4 Å². The molecular formula is C20H27N3O4S. The Balaban J connectivity index is 1.53. The summed E-state index contributed by atoms with van der Waals surface area (Å²) in [5, 5.41) is 11.5. The number of hydrogen-bond acceptors (Lipinski definition) is 7. The van der Waals surface area contributed by atoms with Gasteiger partial charge < -0.3 is 19.2 Å². The molecule has 3 rings (SSSR count). The lowest BCUT2D eigenvalue weighted by Gasteiger charge is -2.17. The number of carbonyl (C=O) groups is 1. The molecule has 8 heteroatoms. The molecule has 1 saturated carbocycles. The van der Waals surface area contributed by atoms with Gasteiger partial charge in [0.1, 0.15) is 0 Å². The topological polar surface area (TPSA) is 86.5 Å². The van der Waals surface area contributed by atoms with E-state index in [1.807, 2.05) is 13.8 Å². The first-order valence-electron chi connectivity index (χ1n) is 9.85. The van der Waals surface area contributed by atoms with Crippen LogP contribution in [0.25, 0.3) is 0 Å². The predicted octanol–water partition coefficient (Wildman–Crippen LogP) is 4.65. The van der Waals surface area contributed by atoms with Crippen LogP contribution in [-0.4, -0.2) is 35.1 Å². The number of hydrogen-bond donors (Lipinski definition) is 1. The van der Waals surface area contributed by atoms with Gasteiger partial charge in [-0.25, -0.2) is 0 Å². The van der Waals surface area contributed by atoms with E-state index in [1.165, 1.54) is 31.0 Å². The number of nitrogens with zero attached hydrogens (tertiary/aromatic N) is 2. The van der Waals surface area contributed by atoms with Crippen LogP contribution >= 0.6 is 11.8 Å². The van der Waals surface area contributed by atoms with Crippen LogP contribution in [0.1, 0.15) is 57.8 Å². The highest BCUT2D eigenvalue weighted by atomic mass is 32.2. The van der Waals surface area contributed by atoms with Crippen LogP contribution in [0, 0.1) is 0 Å². The van der Waals surface area contributed by atoms with Crippen molar-refractivity contribution in [2.45, 2.75) is 57.1 Å². The highest BCUT2D eigenvalue weighted by Crippen LogP contribution is 2.33. The molecular weight excluding hydrogens is 378 g/mol. The molecule has 2 aromatic rings. The van der Waals surface area contributed by atoms with E-state index in [1.54, 1.807) is 18.2 Å². The second-order valence-corrected chi connectivity index (χ2v) is 7.53. The summed E-state index contributed by atoms with van der Waals surface area (Å²) < 4.78 is 16.9. The summed E-state index contributed by atoms with van der Waals surface area (Å²) in [6, 6.07) is 5.36. The van der Waals surface area contributed by atoms with E-state index in [4.69, 9.17) is 13.9 Å². The Morgan fingerprint density at radius 3 is 2.64 bits per heavy atom. The molecule has 1 heterocycles. The largest absolute Gasteiger partial charge is 0.490 e. The van der Waals surface area contributed by atoms with Crippen molar-refractivity contribution in [1.29, 1.82) is 0 Å². The van der Waals surface area contributed by atoms with Crippen LogP contribution in [0.4, 0.5) is 5.69 Å². The van der Waals surface area contributed by atoms with Gasteiger partial charge in [-0.2, -0.15) is 0 Å². The fraction of sp³-hybridized carbons (Fsp3) is 0.550. The molecule has 0 spiro atoms. The van der Waals surface area contributed by atoms with Crippen molar-refractivity contribution < 1.29 is 18.7 Å². The number of thioether (sulfide) groups is 1. The predicted molar refractivity (Wildman–Crippen MR) is 108 cm³/mol. The van der Waals surface area contributed by atoms with Gasteiger partial charge in [-0.1, -0.05) is 31.0 Å². The van der Waals surface area contributed by atoms with Crippen molar-refractivity contribution in [2.75, 3.05) is 24.3 Å². The normalized spacial score (nSPS) is 14.6. The van der Waals surface area contributed by atoms with Crippen molar-refractivity contribution in [1.82, 2.24) is 10.2 Å². The quantitative estimate of drug-likeness (QED) is 0.608. The van der Waals surface area contributed by atoms with Gasteiger partial charge in [0.2, 0.25) is 11.8 Å². The maximum absolute atomic E-state index is 12.3. The molecule has 28 heavy (non-hydrogen) atoms. The Morgan fingerprint density at radius 1 is 1.14 bits per heavy atom. The number of amides is 1. The van der Waals surface area contributed by atoms with Gasteiger partial charge in [0, 0.05) is 17.7 Å². The fourth-order valence-corrected chi connectivity index (χ4v) is 3.82. The molecule has 1 aromatic carbocycles. The average Bonchev–Trinajstić information content (AvgIpc) is 3.19. The lowest BCUT2D eigenvalue weighted by molar-refractivity contribution is -0.113. The SMILES string of the molecule is CCOc1ccc(NC(=O)CSc2nnc(C3CCCCC3)o2)cc1OCC. The van der Waals surface area contributed by atoms with E-state index >= 15 is 0 Å². The highest BCUT2D eigenvalue weighted by molar-refractivity contribution is 7.99. The standard InChI is InChI=1S/C20H27N3O4S/c1-3-25-16-11-10-15(12-17(16)26-4-2)21-18(24)13-28-20-23-22-19(27-20)14-8-6-5-7-9-14/h10-12,14H,3-9,13H2,1-2H3,(H,21,24). The molecule has 7 nitrogen and oxygen atoms in total. The molecule has 152 valence electrons. The van der Waals surface area contributed by atoms with Crippen molar-refractivity contribution in [3.05, 3.63) is 24.1 Å². The highest BCUT2D eigenvalue weighted by Gasteiger charge is 2.21. The number of rotatable bonds is 9. The second kappa shape index (κ2) is 10.4. The van der Waals surface area contributed by atoms with Crippen LogP contribution in [0.2, 0.25) is 0 Å². The minimum Gasteiger partial charge on any atom is -0.490 e. The minimum atomic E-state index is -0.144. The smallest absolute Gasteiger partial charge is 0.277 e. The number of nitrogens with one attached hydrogen (secondary N) is 1. The van der Waals surface area contributed by atoms with Crippen LogP contribution in [0.15, 0.2) is 27.8 Å². The zero-order valence-corrected chi connectivity index (χ0v) is 17.2. The zero-order chi connectivity index (χ0) is 19.8. The summed E-state index contributed by atoms with van der Waals surface area (Å²) in [6.07, 6.45) is 5.91. The Labute approximate surface area is 169 Å². The minimum absolute atomic E-state index is 0.144. The van der Waals surface area contributed by atoms with Crippen LogP contribution in [-0.2, 0) is 4.79 Å². The van der Waals surface area contributed by atoms with Crippen molar-refractivity contribution in [3.8, 4) is 11.5 Å². The first-order valence-corrected chi connectivity index (χ1v) is 10.8. The molecule has 1 aromatic heterocycles. The number of benzene rings is 1. The third-order valence-corrected chi connectivity index (χ3v) is 5.35. The van der Waals surface area contributed by atoms with E-state index in [9.17, 15) is 4.79 Å². The number of carbonyl (C=O) groups excluding carboxylic acids is 1. The van der Waals surface area contributed by atoms with E-state index in [0.717, 1.165) is 12.8 Å². The summed E-state index contributed by atoms with van der Waals surface area (Å²) in [7, 11) is 0. The maximum Gasteiger partial charge on any atom is 0.277 e. The Hall–Kier alpha value is -2.22. The van der Waals surface area contributed by atoms with E-state index in [2.05, 4.69) is 15.5 Å². The molecule has 1 fully saturated rings. The Morgan fingerprint density at radius 2 is 1.89 bits per heavy atom. The molecule has 0 saturated heterocycles. The third-order valence-electron chi connectivity index (χ3n) is 4.53. The molecule has 0 atom stereocenters. The molecule has 1 aliphatic carbocycles. The van der Waals surface area contributed by atoms with E-state index < -0.39 is 0 Å². The van der Waals surface area contributed by atoms with Crippen molar-refractivity contribution >= 4 is 23.4 Å². The molecule has 1 N–H and O–H groups in total. The first-order chi connectivity index (χ1) is 13.7. The molecule has 0 bridgehead atoms. The summed E-state index contributed by atoms with van der Waals surface area (Å²) >= 11 is 1.25. The van der Waals surface area contributed by atoms with Gasteiger partial charge in [0.15, 0.2) is 11.5 Å². The summed E-state index contributed by atoms with van der Waals surface area (Å²) in [6.45, 7) is 4.90. The monoisotopic (exact) mass is 405 g/mol. The molecule has 1 amide bonds. The third kappa shape index (κ3) is 5.64. The van der Waals surface area contributed by atoms with Gasteiger partial charge in [-0.15, -0.1) is 10.2 Å². The molecule has 0 radical (unpaired) electrons. The van der Waals surface area contributed by atoms with Gasteiger partial charge in [-0.05, 0) is 38.8 Å². The Kier molecular flexibility index (Phi) is 7.59. The first kappa shape index (κ1) is 20.5. The van der Waals surface area contributed by atoms with Crippen molar-refractivity contribution in [3.63, 3.8) is 0 Å². The second-order valence-electron chi connectivity index (χ2n) is 6.61. The summed E-state index contributed by atoms with van der Waals surface area (Å²) in [4.78, 5) is 12.3. The maximum atomic E-state index is 12.3. The molecule has 0 aliphatic heterocycles. The zero-order valence-electron chi connectivity index (χ0n) is 16.4. The van der Waals surface area contributed by atoms with Crippen LogP contribution < -0.4 is 14.8 Å². The van der Waals surface area contributed by atoms with Gasteiger partial charge in [0.25, 0.3) is 5.22 Å². The van der Waals surface area contributed by atoms with Crippen molar-refractivity contribution in [2.24, 2.45) is 0 Å². The lowest BCUT2D eigenvalue weighted by atomic mass is 9.89. The average molecular weight is 406 g/mol. The summed E-state index contributed by atoms with van der Waals surface area (Å²) in [5.74, 6) is 2.40. The van der Waals surface area contributed by atoms with Gasteiger partial charge in [-0.3, -0.25) is 4.79 Å². The van der Waals surface area contributed by atoms with Gasteiger partial charge >= 0.3 is 0 Å². The van der Waals surface area contributed by atoms with Crippen LogP contribution in [0.3, 0.4) is 0 Å².